The summed E-state index contributed by atoms with van der Waals surface area (Å²) in [5.74, 6) is 1.40. The number of ether oxygens (including phenoxy) is 2. The molecule has 0 bridgehead atoms. The number of benzene rings is 1. The van der Waals surface area contributed by atoms with Crippen molar-refractivity contribution in [3.8, 4) is 11.5 Å². The molecular weight excluding hydrogens is 376 g/mol. The molecule has 0 aromatic heterocycles. The van der Waals surface area contributed by atoms with Gasteiger partial charge < -0.3 is 19.0 Å². The minimum Gasteiger partial charge on any atom is -0.454 e. The van der Waals surface area contributed by atoms with Crippen molar-refractivity contribution in [1.29, 1.82) is 0 Å². The lowest BCUT2D eigenvalue weighted by molar-refractivity contribution is 0.173. The van der Waals surface area contributed by atoms with Gasteiger partial charge in [-0.3, -0.25) is 0 Å². The molecule has 1 heterocycles. The zero-order chi connectivity index (χ0) is 17.4. The van der Waals surface area contributed by atoms with Crippen LogP contribution < -0.4 is 9.47 Å². The van der Waals surface area contributed by atoms with Gasteiger partial charge in [-0.25, -0.2) is 0 Å². The number of aliphatic hydroxyl groups is 1. The molecule has 0 radical (unpaired) electrons. The van der Waals surface area contributed by atoms with E-state index >= 15 is 0 Å². The minimum atomic E-state index is -2.04. The summed E-state index contributed by atoms with van der Waals surface area (Å²) in [7, 11) is -2.04. The second-order valence-electron chi connectivity index (χ2n) is 7.30. The first-order chi connectivity index (χ1) is 10.6. The van der Waals surface area contributed by atoms with E-state index in [0.717, 1.165) is 10.0 Å². The number of hydrogen-bond acceptors (Lipinski definition) is 4. The van der Waals surface area contributed by atoms with Gasteiger partial charge in [-0.1, -0.05) is 43.3 Å². The van der Waals surface area contributed by atoms with Gasteiger partial charge in [0, 0.05) is 10.0 Å². The summed E-state index contributed by atoms with van der Waals surface area (Å²) >= 11 is 3.58. The van der Waals surface area contributed by atoms with E-state index in [9.17, 15) is 5.11 Å². The fraction of sp³-hybridized carbons (Fsp3) is 0.529. The summed E-state index contributed by atoms with van der Waals surface area (Å²) in [6, 6.07) is 3.79. The van der Waals surface area contributed by atoms with Crippen LogP contribution in [0.15, 0.2) is 28.8 Å². The minimum absolute atomic E-state index is 0.0593. The Kier molecular flexibility index (Phi) is 5.30. The Labute approximate surface area is 147 Å². The standard InChI is InChI=1S/C17H25BrO4Si/c1-11(9-19)16(22-23(5,6)17(2,3)4)12-7-14-15(8-13(12)18)21-10-20-14/h7-8,16,19H,1,9-10H2,2-6H3/t16-/m1/s1. The Morgan fingerprint density at radius 1 is 1.35 bits per heavy atom. The third kappa shape index (κ3) is 3.82. The van der Waals surface area contributed by atoms with Gasteiger partial charge in [-0.05, 0) is 35.8 Å². The molecule has 6 heteroatoms. The van der Waals surface area contributed by atoms with E-state index in [1.807, 2.05) is 12.1 Å². The molecule has 0 amide bonds. The van der Waals surface area contributed by atoms with E-state index in [1.54, 1.807) is 0 Å². The molecule has 0 spiro atoms. The van der Waals surface area contributed by atoms with E-state index in [1.165, 1.54) is 0 Å². The van der Waals surface area contributed by atoms with E-state index < -0.39 is 8.32 Å². The molecule has 2 rings (SSSR count). The maximum Gasteiger partial charge on any atom is 0.231 e. The molecule has 128 valence electrons. The zero-order valence-electron chi connectivity index (χ0n) is 14.4. The lowest BCUT2D eigenvalue weighted by atomic mass is 10.0. The average Bonchev–Trinajstić information content (AvgIpc) is 2.89. The van der Waals surface area contributed by atoms with Crippen LogP contribution in [0.2, 0.25) is 18.1 Å². The molecule has 23 heavy (non-hydrogen) atoms. The first-order valence-electron chi connectivity index (χ1n) is 7.62. The van der Waals surface area contributed by atoms with Crippen molar-refractivity contribution in [3.63, 3.8) is 0 Å². The van der Waals surface area contributed by atoms with Crippen LogP contribution >= 0.6 is 15.9 Å². The lowest BCUT2D eigenvalue weighted by Gasteiger charge is -2.40. The van der Waals surface area contributed by atoms with Crippen LogP contribution in [0.3, 0.4) is 0 Å². The molecule has 0 unspecified atom stereocenters. The Morgan fingerprint density at radius 3 is 2.43 bits per heavy atom. The van der Waals surface area contributed by atoms with Crippen molar-refractivity contribution in [2.24, 2.45) is 0 Å². The van der Waals surface area contributed by atoms with Crippen LogP contribution in [-0.4, -0.2) is 26.8 Å². The number of hydrogen-bond donors (Lipinski definition) is 1. The highest BCUT2D eigenvalue weighted by Gasteiger charge is 2.40. The predicted octanol–water partition coefficient (Wildman–Crippen LogP) is 4.79. The molecule has 1 aromatic rings. The highest BCUT2D eigenvalue weighted by atomic mass is 79.9. The van der Waals surface area contributed by atoms with E-state index in [0.29, 0.717) is 17.1 Å². The molecule has 0 saturated heterocycles. The third-order valence-electron chi connectivity index (χ3n) is 4.57. The largest absolute Gasteiger partial charge is 0.454 e. The van der Waals surface area contributed by atoms with Crippen LogP contribution in [-0.2, 0) is 4.43 Å². The first kappa shape index (κ1) is 18.5. The van der Waals surface area contributed by atoms with Crippen molar-refractivity contribution in [2.75, 3.05) is 13.4 Å². The van der Waals surface area contributed by atoms with Crippen LogP contribution in [0.4, 0.5) is 0 Å². The van der Waals surface area contributed by atoms with Gasteiger partial charge in [0.2, 0.25) is 6.79 Å². The predicted molar refractivity (Wildman–Crippen MR) is 97.5 cm³/mol. The lowest BCUT2D eigenvalue weighted by Crippen LogP contribution is -2.42. The third-order valence-corrected chi connectivity index (χ3v) is 9.69. The van der Waals surface area contributed by atoms with Crippen molar-refractivity contribution >= 4 is 24.2 Å². The van der Waals surface area contributed by atoms with Crippen LogP contribution in [0.5, 0.6) is 11.5 Å². The smallest absolute Gasteiger partial charge is 0.231 e. The van der Waals surface area contributed by atoms with Gasteiger partial charge >= 0.3 is 0 Å². The molecule has 1 aromatic carbocycles. The van der Waals surface area contributed by atoms with Crippen molar-refractivity contribution in [1.82, 2.24) is 0 Å². The first-order valence-corrected chi connectivity index (χ1v) is 11.3. The van der Waals surface area contributed by atoms with E-state index in [2.05, 4.69) is 56.4 Å². The maximum absolute atomic E-state index is 9.62. The zero-order valence-corrected chi connectivity index (χ0v) is 17.0. The highest BCUT2D eigenvalue weighted by Crippen LogP contribution is 2.45. The van der Waals surface area contributed by atoms with Gasteiger partial charge in [0.1, 0.15) is 0 Å². The molecular formula is C17H25BrO4Si. The second kappa shape index (κ2) is 6.59. The summed E-state index contributed by atoms with van der Waals surface area (Å²) in [4.78, 5) is 0. The second-order valence-corrected chi connectivity index (χ2v) is 12.9. The summed E-state index contributed by atoms with van der Waals surface area (Å²) in [5, 5.41) is 9.67. The SMILES string of the molecule is C=C(CO)[C@@H](O[Si](C)(C)C(C)(C)C)c1cc2c(cc1Br)OCO2. The summed E-state index contributed by atoms with van der Waals surface area (Å²) in [6.45, 7) is 15.0. The molecule has 4 nitrogen and oxygen atoms in total. The molecule has 1 aliphatic rings. The molecule has 0 aliphatic carbocycles. The Hall–Kier alpha value is -0.823. The summed E-state index contributed by atoms with van der Waals surface area (Å²) in [5.41, 5.74) is 1.53. The molecule has 0 saturated carbocycles. The molecule has 0 fully saturated rings. The molecule has 1 aliphatic heterocycles. The van der Waals surface area contributed by atoms with Crippen LogP contribution in [0.25, 0.3) is 0 Å². The van der Waals surface area contributed by atoms with Gasteiger partial charge in [0.15, 0.2) is 19.8 Å². The van der Waals surface area contributed by atoms with Crippen molar-refractivity contribution in [2.45, 2.75) is 45.0 Å². The van der Waals surface area contributed by atoms with E-state index in [-0.39, 0.29) is 24.5 Å². The molecule has 1 N–H and O–H groups in total. The van der Waals surface area contributed by atoms with Gasteiger partial charge in [-0.2, -0.15) is 0 Å². The fourth-order valence-corrected chi connectivity index (χ4v) is 3.82. The fourth-order valence-electron chi connectivity index (χ4n) is 2.05. The Morgan fingerprint density at radius 2 is 1.91 bits per heavy atom. The van der Waals surface area contributed by atoms with Crippen LogP contribution in [0.1, 0.15) is 32.4 Å². The summed E-state index contributed by atoms with van der Waals surface area (Å²) in [6.07, 6.45) is -0.384. The van der Waals surface area contributed by atoms with Gasteiger partial charge in [-0.15, -0.1) is 0 Å². The van der Waals surface area contributed by atoms with Crippen LogP contribution in [0, 0.1) is 0 Å². The van der Waals surface area contributed by atoms with E-state index in [4.69, 9.17) is 13.9 Å². The van der Waals surface area contributed by atoms with Gasteiger partial charge in [0.25, 0.3) is 0 Å². The van der Waals surface area contributed by atoms with Crippen molar-refractivity contribution < 1.29 is 19.0 Å². The average molecular weight is 401 g/mol. The summed E-state index contributed by atoms with van der Waals surface area (Å²) < 4.78 is 18.3. The number of rotatable bonds is 5. The van der Waals surface area contributed by atoms with Crippen molar-refractivity contribution in [3.05, 3.63) is 34.3 Å². The monoisotopic (exact) mass is 400 g/mol. The molecule has 1 atom stereocenters. The normalized spacial score (nSPS) is 15.6. The topological polar surface area (TPSA) is 47.9 Å². The Bertz CT molecular complexity index is 607. The maximum atomic E-state index is 9.62. The number of fused-ring (bicyclic) bond motifs is 1. The Balaban J connectivity index is 2.43. The quantitative estimate of drug-likeness (QED) is 0.569. The van der Waals surface area contributed by atoms with Gasteiger partial charge in [0.05, 0.1) is 12.7 Å². The number of halogens is 1. The highest BCUT2D eigenvalue weighted by molar-refractivity contribution is 9.10. The number of aliphatic hydroxyl groups excluding tert-OH is 1.